The van der Waals surface area contributed by atoms with Crippen molar-refractivity contribution in [2.24, 2.45) is 5.92 Å². The molecule has 0 radical (unpaired) electrons. The molecule has 2 aromatic carbocycles. The number of phenolic OH excluding ortho intramolecular Hbond substituents is 1. The summed E-state index contributed by atoms with van der Waals surface area (Å²) in [6, 6.07) is 13.8. The highest BCUT2D eigenvalue weighted by molar-refractivity contribution is 6.01. The Balaban J connectivity index is 1.92. The lowest BCUT2D eigenvalue weighted by atomic mass is 9.78. The number of Topliss-reactive ketones (excluding diaryl/α,β-unsaturated/α-hetero) is 1. The Morgan fingerprint density at radius 2 is 1.62 bits per heavy atom. The molecule has 0 bridgehead atoms. The number of amidine groups is 1. The number of rotatable bonds is 7. The second-order valence-corrected chi connectivity index (χ2v) is 11.5. The normalized spacial score (nSPS) is 19.0. The van der Waals surface area contributed by atoms with E-state index in [0.29, 0.717) is 24.6 Å². The average molecular weight is 465 g/mol. The van der Waals surface area contributed by atoms with Gasteiger partial charge < -0.3 is 14.7 Å². The molecule has 184 valence electrons. The van der Waals surface area contributed by atoms with Gasteiger partial charge in [-0.15, -0.1) is 0 Å². The third kappa shape index (κ3) is 5.52. The molecule has 5 nitrogen and oxygen atoms in total. The van der Waals surface area contributed by atoms with Gasteiger partial charge in [-0.25, -0.2) is 0 Å². The van der Waals surface area contributed by atoms with E-state index in [-0.39, 0.29) is 40.7 Å². The van der Waals surface area contributed by atoms with Gasteiger partial charge in [0.15, 0.2) is 5.78 Å². The third-order valence-corrected chi connectivity index (χ3v) is 6.80. The Labute approximate surface area is 204 Å². The smallest absolute Gasteiger partial charge is 0.182 e. The quantitative estimate of drug-likeness (QED) is 0.500. The van der Waals surface area contributed by atoms with Crippen LogP contribution in [0.25, 0.3) is 0 Å². The molecule has 1 fully saturated rings. The zero-order valence-corrected chi connectivity index (χ0v) is 21.7. The maximum Gasteiger partial charge on any atom is 0.182 e. The molecule has 1 aliphatic rings. The van der Waals surface area contributed by atoms with Crippen molar-refractivity contribution in [3.63, 3.8) is 0 Å². The monoisotopic (exact) mass is 464 g/mol. The predicted molar refractivity (Wildman–Crippen MR) is 138 cm³/mol. The Bertz CT molecular complexity index is 997. The first-order valence-electron chi connectivity index (χ1n) is 12.1. The molecule has 0 aliphatic carbocycles. The highest BCUT2D eigenvalue weighted by atomic mass is 16.5. The van der Waals surface area contributed by atoms with Crippen LogP contribution >= 0.6 is 0 Å². The van der Waals surface area contributed by atoms with Gasteiger partial charge in [-0.2, -0.15) is 0 Å². The van der Waals surface area contributed by atoms with E-state index >= 15 is 0 Å². The summed E-state index contributed by atoms with van der Waals surface area (Å²) in [7, 11) is 1.70. The summed E-state index contributed by atoms with van der Waals surface area (Å²) in [5, 5.41) is 19.9. The minimum Gasteiger partial charge on any atom is -0.507 e. The van der Waals surface area contributed by atoms with Gasteiger partial charge >= 0.3 is 0 Å². The van der Waals surface area contributed by atoms with Crippen molar-refractivity contribution in [3.05, 3.63) is 64.7 Å². The number of phenols is 1. The summed E-state index contributed by atoms with van der Waals surface area (Å²) in [5.74, 6) is 0.915. The van der Waals surface area contributed by atoms with Crippen molar-refractivity contribution in [1.29, 1.82) is 5.41 Å². The van der Waals surface area contributed by atoms with Crippen molar-refractivity contribution in [3.8, 4) is 5.75 Å². The van der Waals surface area contributed by atoms with Crippen LogP contribution in [0.15, 0.2) is 42.5 Å². The number of hydrogen-bond donors (Lipinski definition) is 2. The van der Waals surface area contributed by atoms with Gasteiger partial charge in [-0.1, -0.05) is 71.9 Å². The van der Waals surface area contributed by atoms with Crippen molar-refractivity contribution in [2.75, 3.05) is 26.8 Å². The molecule has 5 heteroatoms. The van der Waals surface area contributed by atoms with Crippen LogP contribution in [0.5, 0.6) is 5.75 Å². The van der Waals surface area contributed by atoms with Gasteiger partial charge in [0, 0.05) is 42.9 Å². The number of benzene rings is 2. The molecule has 34 heavy (non-hydrogen) atoms. The number of aromatic hydroxyl groups is 1. The van der Waals surface area contributed by atoms with Gasteiger partial charge in [-0.05, 0) is 40.9 Å². The number of nitrogens with one attached hydrogen (secondary N) is 1. The number of carbonyl (C=O) groups excluding carboxylic acids is 1. The first-order chi connectivity index (χ1) is 15.8. The molecule has 2 aromatic rings. The molecule has 2 atom stereocenters. The lowest BCUT2D eigenvalue weighted by Gasteiger charge is -2.28. The average Bonchev–Trinajstić information content (AvgIpc) is 3.06. The summed E-state index contributed by atoms with van der Waals surface area (Å²) in [6.07, 6.45) is 0.838. The number of carbonyl (C=O) groups is 1. The fraction of sp³-hybridized carbons (Fsp3) is 0.517. The van der Waals surface area contributed by atoms with Crippen molar-refractivity contribution < 1.29 is 14.6 Å². The molecule has 1 saturated heterocycles. The van der Waals surface area contributed by atoms with Gasteiger partial charge in [0.1, 0.15) is 11.6 Å². The number of likely N-dealkylation sites (tertiary alicyclic amines) is 1. The Kier molecular flexibility index (Phi) is 7.56. The topological polar surface area (TPSA) is 73.6 Å². The summed E-state index contributed by atoms with van der Waals surface area (Å²) < 4.78 is 5.33. The van der Waals surface area contributed by atoms with E-state index in [4.69, 9.17) is 10.1 Å². The number of methoxy groups -OCH3 is 1. The summed E-state index contributed by atoms with van der Waals surface area (Å²) in [6.45, 7) is 13.7. The first-order valence-corrected chi connectivity index (χ1v) is 12.1. The number of nitrogens with zero attached hydrogens (tertiary/aromatic N) is 1. The summed E-state index contributed by atoms with van der Waals surface area (Å²) in [5.41, 5.74) is 2.66. The van der Waals surface area contributed by atoms with Crippen LogP contribution in [-0.4, -0.2) is 48.4 Å². The molecule has 2 N–H and O–H groups in total. The second-order valence-electron chi connectivity index (χ2n) is 11.5. The van der Waals surface area contributed by atoms with E-state index in [1.165, 1.54) is 0 Å². The lowest BCUT2D eigenvalue weighted by molar-refractivity contribution is 0.0961. The molecule has 0 saturated carbocycles. The molecule has 0 amide bonds. The molecule has 1 aliphatic heterocycles. The zero-order valence-electron chi connectivity index (χ0n) is 21.7. The largest absolute Gasteiger partial charge is 0.507 e. The Morgan fingerprint density at radius 3 is 2.12 bits per heavy atom. The molecule has 3 rings (SSSR count). The SMILES string of the molecule is COCC[C@@H]1CN(CC(=O)c2cc(C(C)(C)C)c(O)c(C(C)(C)C)c2)C(=N)[C@@H]1c1ccccc1. The standard InChI is InChI=1S/C29H40N2O3/c1-28(2,3)22-15-21(16-23(26(22)33)29(4,5)6)24(32)18-31-17-20(13-14-34-7)25(27(31)30)19-11-9-8-10-12-19/h8-12,15-16,20,25,30,33H,13-14,17-18H2,1-7H3/t20-,25-/m1/s1. The minimum absolute atomic E-state index is 0.0278. The van der Waals surface area contributed by atoms with E-state index < -0.39 is 0 Å². The summed E-state index contributed by atoms with van der Waals surface area (Å²) >= 11 is 0. The number of ether oxygens (including phenoxy) is 1. The number of ketones is 1. The maximum atomic E-state index is 13.5. The van der Waals surface area contributed by atoms with Crippen LogP contribution in [0, 0.1) is 11.3 Å². The highest BCUT2D eigenvalue weighted by Crippen LogP contribution is 2.40. The fourth-order valence-corrected chi connectivity index (χ4v) is 4.88. The second kappa shape index (κ2) is 9.91. The fourth-order valence-electron chi connectivity index (χ4n) is 4.88. The van der Waals surface area contributed by atoms with Gasteiger partial charge in [0.2, 0.25) is 0 Å². The van der Waals surface area contributed by atoms with E-state index in [1.54, 1.807) is 7.11 Å². The van der Waals surface area contributed by atoms with E-state index in [0.717, 1.165) is 23.1 Å². The van der Waals surface area contributed by atoms with Crippen LogP contribution < -0.4 is 0 Å². The molecule has 0 unspecified atom stereocenters. The Hall–Kier alpha value is -2.66. The van der Waals surface area contributed by atoms with Crippen LogP contribution in [0.3, 0.4) is 0 Å². The van der Waals surface area contributed by atoms with Crippen LogP contribution in [0.2, 0.25) is 0 Å². The maximum absolute atomic E-state index is 13.5. The Morgan fingerprint density at radius 1 is 1.06 bits per heavy atom. The van der Waals surface area contributed by atoms with Crippen molar-refractivity contribution >= 4 is 11.6 Å². The van der Waals surface area contributed by atoms with Gasteiger partial charge in [-0.3, -0.25) is 10.2 Å². The van der Waals surface area contributed by atoms with E-state index in [9.17, 15) is 9.90 Å². The van der Waals surface area contributed by atoms with Crippen LogP contribution in [0.4, 0.5) is 0 Å². The molecule has 0 spiro atoms. The number of hydrogen-bond acceptors (Lipinski definition) is 4. The molecular formula is C29H40N2O3. The third-order valence-electron chi connectivity index (χ3n) is 6.80. The van der Waals surface area contributed by atoms with Crippen molar-refractivity contribution in [1.82, 2.24) is 4.90 Å². The zero-order chi connectivity index (χ0) is 25.3. The van der Waals surface area contributed by atoms with Gasteiger partial charge in [0.05, 0.1) is 6.54 Å². The van der Waals surface area contributed by atoms with Crippen molar-refractivity contribution in [2.45, 2.75) is 64.7 Å². The van der Waals surface area contributed by atoms with E-state index in [2.05, 4.69) is 12.1 Å². The molecule has 1 heterocycles. The lowest BCUT2D eigenvalue weighted by Crippen LogP contribution is -2.32. The van der Waals surface area contributed by atoms with Gasteiger partial charge in [0.25, 0.3) is 0 Å². The van der Waals surface area contributed by atoms with Crippen LogP contribution in [-0.2, 0) is 15.6 Å². The molecular weight excluding hydrogens is 424 g/mol. The highest BCUT2D eigenvalue weighted by Gasteiger charge is 2.39. The predicted octanol–water partition coefficient (Wildman–Crippen LogP) is 5.90. The minimum atomic E-state index is -0.301. The van der Waals surface area contributed by atoms with Crippen LogP contribution in [0.1, 0.15) is 80.9 Å². The van der Waals surface area contributed by atoms with E-state index in [1.807, 2.05) is 76.8 Å². The first kappa shape index (κ1) is 26.0. The molecule has 0 aromatic heterocycles. The summed E-state index contributed by atoms with van der Waals surface area (Å²) in [4.78, 5) is 15.5.